The molecule has 0 saturated carbocycles. The Hall–Kier alpha value is -3.85. The maximum Gasteiger partial charge on any atom is 0.246 e. The molecular formula is C26H29FN6O2. The van der Waals surface area contributed by atoms with Crippen LogP contribution in [0.5, 0.6) is 0 Å². The number of hydrogen-bond donors (Lipinski definition) is 1. The first-order valence-corrected chi connectivity index (χ1v) is 11.5. The highest BCUT2D eigenvalue weighted by Gasteiger charge is 2.34. The minimum atomic E-state index is -0.348. The lowest BCUT2D eigenvalue weighted by molar-refractivity contribution is -0.129. The molecule has 9 heteroatoms. The summed E-state index contributed by atoms with van der Waals surface area (Å²) >= 11 is 0. The number of likely N-dealkylation sites (N-methyl/N-ethyl adjacent to an activating group) is 1. The molecule has 2 aromatic heterocycles. The third-order valence-corrected chi connectivity index (χ3v) is 5.96. The smallest absolute Gasteiger partial charge is 0.246 e. The average molecular weight is 477 g/mol. The summed E-state index contributed by atoms with van der Waals surface area (Å²) in [4.78, 5) is 33.3. The van der Waals surface area contributed by atoms with Gasteiger partial charge in [0.25, 0.3) is 0 Å². The van der Waals surface area contributed by atoms with Crippen molar-refractivity contribution in [3.05, 3.63) is 72.5 Å². The molecule has 0 aliphatic carbocycles. The highest BCUT2D eigenvalue weighted by atomic mass is 19.1. The third-order valence-electron chi connectivity index (χ3n) is 5.96. The normalized spacial score (nSPS) is 15.5. The second-order valence-electron chi connectivity index (χ2n) is 8.77. The van der Waals surface area contributed by atoms with Gasteiger partial charge in [0.2, 0.25) is 11.8 Å². The Morgan fingerprint density at radius 2 is 1.86 bits per heavy atom. The van der Waals surface area contributed by atoms with Crippen LogP contribution in [-0.4, -0.2) is 70.6 Å². The van der Waals surface area contributed by atoms with Gasteiger partial charge in [-0.1, -0.05) is 6.08 Å². The number of amides is 2. The highest BCUT2D eigenvalue weighted by Crippen LogP contribution is 2.39. The van der Waals surface area contributed by atoms with Crippen molar-refractivity contribution < 1.29 is 14.0 Å². The second kappa shape index (κ2) is 10.6. The molecule has 1 aliphatic rings. The van der Waals surface area contributed by atoms with Gasteiger partial charge < -0.3 is 15.1 Å². The van der Waals surface area contributed by atoms with Crippen molar-refractivity contribution in [3.63, 3.8) is 0 Å². The third kappa shape index (κ3) is 5.46. The zero-order chi connectivity index (χ0) is 24.9. The molecule has 1 N–H and O–H groups in total. The number of fused-ring (bicyclic) bond motifs is 1. The summed E-state index contributed by atoms with van der Waals surface area (Å²) in [5.74, 6) is -0.588. The van der Waals surface area contributed by atoms with Crippen molar-refractivity contribution >= 4 is 11.8 Å². The quantitative estimate of drug-likeness (QED) is 0.530. The Balaban J connectivity index is 1.83. The number of pyridine rings is 1. The van der Waals surface area contributed by atoms with Crippen molar-refractivity contribution in [1.82, 2.24) is 29.9 Å². The minimum Gasteiger partial charge on any atom is -0.359 e. The molecule has 1 atom stereocenters. The summed E-state index contributed by atoms with van der Waals surface area (Å²) in [6.45, 7) is 1.34. The van der Waals surface area contributed by atoms with E-state index in [0.717, 1.165) is 22.4 Å². The van der Waals surface area contributed by atoms with E-state index in [2.05, 4.69) is 10.3 Å². The fourth-order valence-electron chi connectivity index (χ4n) is 4.24. The van der Waals surface area contributed by atoms with E-state index in [-0.39, 0.29) is 30.1 Å². The summed E-state index contributed by atoms with van der Waals surface area (Å²) in [6, 6.07) is 9.60. The monoisotopic (exact) mass is 476 g/mol. The van der Waals surface area contributed by atoms with E-state index in [1.165, 1.54) is 12.1 Å². The first kappa shape index (κ1) is 24.3. The van der Waals surface area contributed by atoms with Gasteiger partial charge in [0.1, 0.15) is 11.5 Å². The molecule has 4 rings (SSSR count). The number of halogens is 1. The van der Waals surface area contributed by atoms with E-state index in [9.17, 15) is 14.0 Å². The van der Waals surface area contributed by atoms with Gasteiger partial charge >= 0.3 is 0 Å². The molecule has 2 amide bonds. The van der Waals surface area contributed by atoms with Gasteiger partial charge in [0.05, 0.1) is 24.7 Å². The van der Waals surface area contributed by atoms with Gasteiger partial charge in [-0.2, -0.15) is 5.10 Å². The predicted molar refractivity (Wildman–Crippen MR) is 132 cm³/mol. The molecule has 1 unspecified atom stereocenters. The number of carbonyl (C=O) groups is 2. The molecule has 3 aromatic rings. The predicted octanol–water partition coefficient (Wildman–Crippen LogP) is 2.89. The van der Waals surface area contributed by atoms with Crippen LogP contribution in [-0.2, 0) is 16.1 Å². The Morgan fingerprint density at radius 1 is 1.14 bits per heavy atom. The molecule has 0 bridgehead atoms. The number of benzene rings is 1. The summed E-state index contributed by atoms with van der Waals surface area (Å²) < 4.78 is 15.5. The summed E-state index contributed by atoms with van der Waals surface area (Å²) in [6.07, 6.45) is 6.98. The molecule has 1 aliphatic heterocycles. The van der Waals surface area contributed by atoms with Crippen LogP contribution >= 0.6 is 0 Å². The lowest BCUT2D eigenvalue weighted by atomic mass is 9.98. The summed E-state index contributed by atoms with van der Waals surface area (Å²) in [5.41, 5.74) is 3.98. The van der Waals surface area contributed by atoms with Crippen LogP contribution in [0.15, 0.2) is 60.9 Å². The van der Waals surface area contributed by atoms with E-state index in [0.29, 0.717) is 25.3 Å². The standard InChI is InChI=1S/C26H29FN6O2/c1-28-23(34)15-21-16-32(24(35)5-4-14-31(2)3)17-22-25(18-10-12-29-13-11-18)26(30-33(21)22)19-6-8-20(27)9-7-19/h4-13,21H,14-17H2,1-3H3,(H,28,34)/b5-4+. The van der Waals surface area contributed by atoms with Gasteiger partial charge in [-0.3, -0.25) is 19.3 Å². The van der Waals surface area contributed by atoms with Gasteiger partial charge in [0.15, 0.2) is 0 Å². The Kier molecular flexibility index (Phi) is 7.36. The molecule has 0 spiro atoms. The molecule has 182 valence electrons. The molecule has 0 saturated heterocycles. The Bertz CT molecular complexity index is 1220. The number of nitrogens with one attached hydrogen (secondary N) is 1. The second-order valence-corrected chi connectivity index (χ2v) is 8.77. The largest absolute Gasteiger partial charge is 0.359 e. The molecule has 8 nitrogen and oxygen atoms in total. The van der Waals surface area contributed by atoms with E-state index in [4.69, 9.17) is 5.10 Å². The van der Waals surface area contributed by atoms with E-state index >= 15 is 0 Å². The fraction of sp³-hybridized carbons (Fsp3) is 0.308. The van der Waals surface area contributed by atoms with Crippen LogP contribution in [0.3, 0.4) is 0 Å². The first-order valence-electron chi connectivity index (χ1n) is 11.5. The number of rotatable bonds is 7. The van der Waals surface area contributed by atoms with Crippen LogP contribution in [0.25, 0.3) is 22.4 Å². The summed E-state index contributed by atoms with van der Waals surface area (Å²) in [5, 5.41) is 7.58. The SMILES string of the molecule is CNC(=O)CC1CN(C(=O)/C=C/CN(C)C)Cc2c(-c3ccncc3)c(-c3ccc(F)cc3)nn21. The van der Waals surface area contributed by atoms with E-state index < -0.39 is 0 Å². The van der Waals surface area contributed by atoms with Gasteiger partial charge in [-0.05, 0) is 56.1 Å². The Morgan fingerprint density at radius 3 is 2.51 bits per heavy atom. The van der Waals surface area contributed by atoms with Crippen LogP contribution in [0.2, 0.25) is 0 Å². The topological polar surface area (TPSA) is 83.4 Å². The van der Waals surface area contributed by atoms with E-state index in [1.807, 2.05) is 41.9 Å². The molecule has 3 heterocycles. The zero-order valence-corrected chi connectivity index (χ0v) is 20.1. The lowest BCUT2D eigenvalue weighted by Crippen LogP contribution is -2.42. The van der Waals surface area contributed by atoms with Crippen molar-refractivity contribution in [1.29, 1.82) is 0 Å². The summed E-state index contributed by atoms with van der Waals surface area (Å²) in [7, 11) is 5.46. The lowest BCUT2D eigenvalue weighted by Gasteiger charge is -2.33. The first-order chi connectivity index (χ1) is 16.9. The minimum absolute atomic E-state index is 0.120. The Labute approximate surface area is 204 Å². The van der Waals surface area contributed by atoms with Crippen LogP contribution in [0.4, 0.5) is 4.39 Å². The molecule has 0 fully saturated rings. The molecule has 35 heavy (non-hydrogen) atoms. The average Bonchev–Trinajstić information content (AvgIpc) is 3.24. The fourth-order valence-corrected chi connectivity index (χ4v) is 4.24. The highest BCUT2D eigenvalue weighted by molar-refractivity contribution is 5.89. The van der Waals surface area contributed by atoms with Gasteiger partial charge in [-0.25, -0.2) is 4.39 Å². The maximum absolute atomic E-state index is 13.7. The van der Waals surface area contributed by atoms with Crippen molar-refractivity contribution in [3.8, 4) is 22.4 Å². The van der Waals surface area contributed by atoms with Crippen molar-refractivity contribution in [2.75, 3.05) is 34.2 Å². The molecule has 1 aromatic carbocycles. The van der Waals surface area contributed by atoms with Gasteiger partial charge in [0, 0.05) is 49.7 Å². The number of carbonyl (C=O) groups excluding carboxylic acids is 2. The molecule has 0 radical (unpaired) electrons. The maximum atomic E-state index is 13.7. The van der Waals surface area contributed by atoms with E-state index in [1.54, 1.807) is 42.6 Å². The molecular weight excluding hydrogens is 447 g/mol. The zero-order valence-electron chi connectivity index (χ0n) is 20.1. The van der Waals surface area contributed by atoms with Gasteiger partial charge in [-0.15, -0.1) is 0 Å². The number of nitrogens with zero attached hydrogens (tertiary/aromatic N) is 5. The number of aromatic nitrogens is 3. The van der Waals surface area contributed by atoms with Crippen LogP contribution < -0.4 is 5.32 Å². The van der Waals surface area contributed by atoms with Crippen molar-refractivity contribution in [2.24, 2.45) is 0 Å². The van der Waals surface area contributed by atoms with Crippen molar-refractivity contribution in [2.45, 2.75) is 19.0 Å². The number of hydrogen-bond acceptors (Lipinski definition) is 5. The van der Waals surface area contributed by atoms with Crippen LogP contribution in [0, 0.1) is 5.82 Å². The van der Waals surface area contributed by atoms with Crippen LogP contribution in [0.1, 0.15) is 18.2 Å².